The first-order chi connectivity index (χ1) is 21.3. The molecule has 1 N–H and O–H groups in total. The molecule has 6 aromatic carbocycles. The van der Waals surface area contributed by atoms with Crippen molar-refractivity contribution in [3.8, 4) is 16.9 Å². The van der Waals surface area contributed by atoms with Gasteiger partial charge in [0.1, 0.15) is 5.75 Å². The Balaban J connectivity index is 1.27. The summed E-state index contributed by atoms with van der Waals surface area (Å²) in [6.45, 7) is 0.622. The zero-order chi connectivity index (χ0) is 29.3. The van der Waals surface area contributed by atoms with E-state index < -0.39 is 0 Å². The molecule has 0 saturated heterocycles. The minimum Gasteiger partial charge on any atom is -0.494 e. The second-order valence-electron chi connectivity index (χ2n) is 10.2. The van der Waals surface area contributed by atoms with Crippen LogP contribution in [0.25, 0.3) is 11.1 Å². The van der Waals surface area contributed by atoms with Crippen LogP contribution in [0.15, 0.2) is 164 Å². The second-order valence-corrected chi connectivity index (χ2v) is 10.2. The number of anilines is 6. The van der Waals surface area contributed by atoms with Crippen LogP contribution >= 0.6 is 0 Å². The Morgan fingerprint density at radius 2 is 0.721 bits per heavy atom. The molecule has 0 unspecified atom stereocenters. The van der Waals surface area contributed by atoms with Crippen LogP contribution in [0.1, 0.15) is 6.42 Å². The van der Waals surface area contributed by atoms with Crippen LogP contribution in [-0.4, -0.2) is 18.3 Å². The van der Waals surface area contributed by atoms with Gasteiger partial charge in [0.15, 0.2) is 0 Å². The predicted molar refractivity (Wildman–Crippen MR) is 178 cm³/mol. The van der Waals surface area contributed by atoms with Gasteiger partial charge in [0.25, 0.3) is 0 Å². The number of ether oxygens (including phenoxy) is 1. The second kappa shape index (κ2) is 13.6. The highest BCUT2D eigenvalue weighted by Gasteiger charge is 2.14. The Morgan fingerprint density at radius 1 is 0.395 bits per heavy atom. The molecule has 6 rings (SSSR count). The first-order valence-electron chi connectivity index (χ1n) is 14.6. The van der Waals surface area contributed by atoms with Gasteiger partial charge in [0.2, 0.25) is 0 Å². The number of aliphatic hydroxyl groups is 1. The summed E-state index contributed by atoms with van der Waals surface area (Å²) >= 11 is 0. The zero-order valence-electron chi connectivity index (χ0n) is 24.0. The van der Waals surface area contributed by atoms with Crippen LogP contribution in [0.2, 0.25) is 0 Å². The van der Waals surface area contributed by atoms with Crippen molar-refractivity contribution in [3.63, 3.8) is 0 Å². The number of para-hydroxylation sites is 3. The van der Waals surface area contributed by atoms with Gasteiger partial charge in [-0.1, -0.05) is 78.9 Å². The molecule has 0 saturated carbocycles. The summed E-state index contributed by atoms with van der Waals surface area (Å²) in [5.41, 5.74) is 8.86. The summed E-state index contributed by atoms with van der Waals surface area (Å²) in [7, 11) is 0. The summed E-state index contributed by atoms with van der Waals surface area (Å²) in [5.74, 6) is 0.794. The normalized spacial score (nSPS) is 10.7. The maximum absolute atomic E-state index is 9.04. The van der Waals surface area contributed by atoms with Gasteiger partial charge >= 0.3 is 0 Å². The van der Waals surface area contributed by atoms with Gasteiger partial charge in [-0.15, -0.1) is 0 Å². The van der Waals surface area contributed by atoms with Gasteiger partial charge < -0.3 is 19.6 Å². The molecule has 0 radical (unpaired) electrons. The molecule has 43 heavy (non-hydrogen) atoms. The van der Waals surface area contributed by atoms with E-state index in [1.54, 1.807) is 0 Å². The minimum absolute atomic E-state index is 0.125. The molecule has 0 aliphatic rings. The average molecular weight is 563 g/mol. The predicted octanol–water partition coefficient (Wildman–Crippen LogP) is 10.1. The molecule has 0 spiro atoms. The van der Waals surface area contributed by atoms with Crippen molar-refractivity contribution in [2.24, 2.45) is 0 Å². The van der Waals surface area contributed by atoms with Crippen LogP contribution in [0, 0.1) is 0 Å². The molecule has 0 atom stereocenters. The van der Waals surface area contributed by atoms with Crippen molar-refractivity contribution in [1.29, 1.82) is 0 Å². The number of hydrogen-bond acceptors (Lipinski definition) is 4. The van der Waals surface area contributed by atoms with E-state index >= 15 is 0 Å². The Hall–Kier alpha value is -5.32. The lowest BCUT2D eigenvalue weighted by Gasteiger charge is -2.26. The summed E-state index contributed by atoms with van der Waals surface area (Å²) in [5, 5.41) is 9.04. The third kappa shape index (κ3) is 6.61. The molecular weight excluding hydrogens is 528 g/mol. The van der Waals surface area contributed by atoms with Gasteiger partial charge in [-0.05, 0) is 96.1 Å². The molecule has 6 aromatic rings. The maximum atomic E-state index is 9.04. The fourth-order valence-electron chi connectivity index (χ4n) is 5.18. The molecule has 0 aromatic heterocycles. The topological polar surface area (TPSA) is 35.9 Å². The largest absolute Gasteiger partial charge is 0.494 e. The molecule has 4 nitrogen and oxygen atoms in total. The lowest BCUT2D eigenvalue weighted by Crippen LogP contribution is -2.10. The number of benzene rings is 6. The van der Waals surface area contributed by atoms with Crippen LogP contribution in [-0.2, 0) is 0 Å². The minimum atomic E-state index is 0.125. The van der Waals surface area contributed by atoms with Crippen LogP contribution in [0.5, 0.6) is 5.75 Å². The third-order valence-electron chi connectivity index (χ3n) is 7.29. The van der Waals surface area contributed by atoms with Crippen molar-refractivity contribution >= 4 is 34.1 Å². The van der Waals surface area contributed by atoms with Crippen molar-refractivity contribution in [3.05, 3.63) is 164 Å². The van der Waals surface area contributed by atoms with Crippen molar-refractivity contribution < 1.29 is 9.84 Å². The maximum Gasteiger partial charge on any atom is 0.119 e. The van der Waals surface area contributed by atoms with Gasteiger partial charge in [-0.3, -0.25) is 0 Å². The van der Waals surface area contributed by atoms with Gasteiger partial charge in [0, 0.05) is 47.2 Å². The van der Waals surface area contributed by atoms with Gasteiger partial charge in [0.05, 0.1) is 6.61 Å². The fourth-order valence-corrected chi connectivity index (χ4v) is 5.18. The molecule has 0 aliphatic heterocycles. The van der Waals surface area contributed by atoms with E-state index in [0.29, 0.717) is 13.0 Å². The van der Waals surface area contributed by atoms with Crippen molar-refractivity contribution in [2.45, 2.75) is 6.42 Å². The Bertz CT molecular complexity index is 1650. The van der Waals surface area contributed by atoms with E-state index in [1.165, 1.54) is 0 Å². The molecule has 0 fully saturated rings. The SMILES string of the molecule is OCCCOc1ccc(N(c2ccccc2)c2ccc(-c3ccc(N(c4ccccc4)c4ccccc4)cc3)cc2)cc1. The summed E-state index contributed by atoms with van der Waals surface area (Å²) in [4.78, 5) is 4.51. The molecule has 0 aliphatic carbocycles. The Kier molecular flexibility index (Phi) is 8.78. The molecule has 0 heterocycles. The van der Waals surface area contributed by atoms with E-state index in [0.717, 1.165) is 51.0 Å². The Labute approximate surface area is 253 Å². The van der Waals surface area contributed by atoms with Crippen molar-refractivity contribution in [1.82, 2.24) is 0 Å². The van der Waals surface area contributed by atoms with E-state index in [2.05, 4.69) is 143 Å². The van der Waals surface area contributed by atoms with E-state index in [1.807, 2.05) is 30.3 Å². The van der Waals surface area contributed by atoms with E-state index in [9.17, 15) is 0 Å². The quantitative estimate of drug-likeness (QED) is 0.159. The highest BCUT2D eigenvalue weighted by atomic mass is 16.5. The van der Waals surface area contributed by atoms with E-state index in [4.69, 9.17) is 9.84 Å². The monoisotopic (exact) mass is 562 g/mol. The number of hydrogen-bond donors (Lipinski definition) is 1. The number of aliphatic hydroxyl groups excluding tert-OH is 1. The lowest BCUT2D eigenvalue weighted by atomic mass is 10.0. The number of rotatable bonds is 11. The average Bonchev–Trinajstić information content (AvgIpc) is 3.08. The molecular formula is C39H34N2O2. The van der Waals surface area contributed by atoms with Crippen LogP contribution in [0.3, 0.4) is 0 Å². The van der Waals surface area contributed by atoms with Crippen LogP contribution in [0.4, 0.5) is 34.1 Å². The summed E-state index contributed by atoms with van der Waals surface area (Å²) < 4.78 is 5.75. The highest BCUT2D eigenvalue weighted by molar-refractivity contribution is 5.80. The van der Waals surface area contributed by atoms with E-state index in [-0.39, 0.29) is 6.61 Å². The molecule has 0 amide bonds. The summed E-state index contributed by atoms with van der Waals surface area (Å²) in [6.07, 6.45) is 0.616. The zero-order valence-corrected chi connectivity index (χ0v) is 24.0. The first kappa shape index (κ1) is 27.8. The van der Waals surface area contributed by atoms with Gasteiger partial charge in [-0.25, -0.2) is 0 Å². The lowest BCUT2D eigenvalue weighted by molar-refractivity contribution is 0.233. The fraction of sp³-hybridized carbons (Fsp3) is 0.0769. The van der Waals surface area contributed by atoms with Crippen LogP contribution < -0.4 is 14.5 Å². The standard InChI is InChI=1S/C39H34N2O2/c42-29-10-30-43-39-27-25-38(26-28-39)41(35-15-8-3-9-16-35)37-23-19-32(20-24-37)31-17-21-36(22-18-31)40(33-11-4-1-5-12-33)34-13-6-2-7-14-34/h1-9,11-28,42H,10,29-30H2. The number of nitrogens with zero attached hydrogens (tertiary/aromatic N) is 2. The third-order valence-corrected chi connectivity index (χ3v) is 7.29. The smallest absolute Gasteiger partial charge is 0.119 e. The molecule has 0 bridgehead atoms. The highest BCUT2D eigenvalue weighted by Crippen LogP contribution is 2.38. The summed E-state index contributed by atoms with van der Waals surface area (Å²) in [6, 6.07) is 56.8. The van der Waals surface area contributed by atoms with Crippen molar-refractivity contribution in [2.75, 3.05) is 23.0 Å². The van der Waals surface area contributed by atoms with Gasteiger partial charge in [-0.2, -0.15) is 0 Å². The first-order valence-corrected chi connectivity index (χ1v) is 14.6. The molecule has 212 valence electrons. The Morgan fingerprint density at radius 3 is 1.07 bits per heavy atom. The molecule has 4 heteroatoms.